The van der Waals surface area contributed by atoms with Crippen LogP contribution in [0, 0.1) is 5.92 Å². The molecule has 0 bridgehead atoms. The lowest BCUT2D eigenvalue weighted by atomic mass is 9.98. The fraction of sp³-hybridized carbons (Fsp3) is 0.400. The number of alkyl halides is 3. The summed E-state index contributed by atoms with van der Waals surface area (Å²) in [6, 6.07) is 1.40. The van der Waals surface area contributed by atoms with Crippen LogP contribution in [0.2, 0.25) is 0 Å². The number of hydrogen-bond donors (Lipinski definition) is 1. The van der Waals surface area contributed by atoms with E-state index in [0.717, 1.165) is 11.3 Å². The minimum absolute atomic E-state index is 0.157. The first-order chi connectivity index (χ1) is 8.30. The van der Waals surface area contributed by atoms with Gasteiger partial charge in [0.15, 0.2) is 0 Å². The van der Waals surface area contributed by atoms with Gasteiger partial charge in [-0.25, -0.2) is 0 Å². The van der Waals surface area contributed by atoms with Gasteiger partial charge in [0, 0.05) is 11.4 Å². The number of aliphatic carboxylic acids is 1. The van der Waals surface area contributed by atoms with Crippen LogP contribution in [0.3, 0.4) is 0 Å². The molecule has 0 spiro atoms. The van der Waals surface area contributed by atoms with E-state index in [-0.39, 0.29) is 12.1 Å². The molecule has 1 N–H and O–H groups in total. The Hall–Kier alpha value is -1.57. The average Bonchev–Trinajstić information content (AvgIpc) is 2.73. The lowest BCUT2D eigenvalue weighted by Gasteiger charge is -2.31. The van der Waals surface area contributed by atoms with Crippen molar-refractivity contribution in [3.63, 3.8) is 0 Å². The van der Waals surface area contributed by atoms with Crippen molar-refractivity contribution in [1.29, 1.82) is 0 Å². The summed E-state index contributed by atoms with van der Waals surface area (Å²) in [5.41, 5.74) is 0.167. The number of amides is 1. The normalized spacial score (nSPS) is 19.5. The molecule has 2 rings (SSSR count). The Morgan fingerprint density at radius 1 is 1.44 bits per heavy atom. The highest BCUT2D eigenvalue weighted by atomic mass is 32.1. The molecular weight excluding hydrogens is 271 g/mol. The molecule has 1 aliphatic heterocycles. The third-order valence-electron chi connectivity index (χ3n) is 2.68. The quantitative estimate of drug-likeness (QED) is 0.854. The van der Waals surface area contributed by atoms with Gasteiger partial charge in [0.25, 0.3) is 0 Å². The van der Waals surface area contributed by atoms with Crippen LogP contribution < -0.4 is 4.90 Å². The molecule has 4 nitrogen and oxygen atoms in total. The molecule has 0 radical (unpaired) electrons. The topological polar surface area (TPSA) is 57.6 Å². The van der Waals surface area contributed by atoms with Crippen molar-refractivity contribution in [1.82, 2.24) is 0 Å². The van der Waals surface area contributed by atoms with Gasteiger partial charge >= 0.3 is 18.1 Å². The zero-order chi connectivity index (χ0) is 13.5. The van der Waals surface area contributed by atoms with Crippen molar-refractivity contribution >= 4 is 28.9 Å². The first-order valence-electron chi connectivity index (χ1n) is 4.98. The van der Waals surface area contributed by atoms with E-state index < -0.39 is 30.5 Å². The van der Waals surface area contributed by atoms with Crippen molar-refractivity contribution in [2.75, 3.05) is 11.4 Å². The number of carbonyl (C=O) groups is 2. The summed E-state index contributed by atoms with van der Waals surface area (Å²) < 4.78 is 37.3. The Morgan fingerprint density at radius 2 is 2.11 bits per heavy atom. The predicted octanol–water partition coefficient (Wildman–Crippen LogP) is 1.90. The van der Waals surface area contributed by atoms with E-state index in [1.807, 2.05) is 0 Å². The van der Waals surface area contributed by atoms with Gasteiger partial charge in [-0.15, -0.1) is 11.3 Å². The Balaban J connectivity index is 2.36. The van der Waals surface area contributed by atoms with Crippen LogP contribution in [0.4, 0.5) is 18.9 Å². The lowest BCUT2D eigenvalue weighted by molar-refractivity contribution is -0.170. The second-order valence-electron chi connectivity index (χ2n) is 3.88. The van der Waals surface area contributed by atoms with E-state index in [9.17, 15) is 22.8 Å². The van der Waals surface area contributed by atoms with E-state index in [1.54, 1.807) is 5.38 Å². The highest BCUT2D eigenvalue weighted by molar-refractivity contribution is 7.10. The highest BCUT2D eigenvalue weighted by Gasteiger charge is 2.46. The van der Waals surface area contributed by atoms with E-state index in [1.165, 1.54) is 6.07 Å². The fourth-order valence-electron chi connectivity index (χ4n) is 1.84. The molecule has 0 fully saturated rings. The molecule has 1 unspecified atom stereocenters. The van der Waals surface area contributed by atoms with Gasteiger partial charge in [0.1, 0.15) is 0 Å². The number of thiophene rings is 1. The number of halogens is 3. The number of carboxylic acids is 1. The smallest absolute Gasteiger partial charge is 0.471 e. The molecule has 18 heavy (non-hydrogen) atoms. The molecule has 1 aromatic rings. The minimum Gasteiger partial charge on any atom is -0.481 e. The SMILES string of the molecule is O=C(O)C1Cc2sccc2N(C(=O)C(F)(F)F)C1. The number of anilines is 1. The summed E-state index contributed by atoms with van der Waals surface area (Å²) in [4.78, 5) is 23.2. The summed E-state index contributed by atoms with van der Waals surface area (Å²) >= 11 is 1.15. The van der Waals surface area contributed by atoms with Gasteiger partial charge in [-0.3, -0.25) is 9.59 Å². The maximum absolute atomic E-state index is 12.4. The molecule has 0 saturated heterocycles. The molecule has 1 amide bonds. The fourth-order valence-corrected chi connectivity index (χ4v) is 2.80. The zero-order valence-corrected chi connectivity index (χ0v) is 9.72. The molecule has 1 aliphatic rings. The summed E-state index contributed by atoms with van der Waals surface area (Å²) in [5.74, 6) is -4.22. The van der Waals surface area contributed by atoms with Crippen LogP contribution in [0.15, 0.2) is 11.4 Å². The van der Waals surface area contributed by atoms with Gasteiger partial charge in [0.05, 0.1) is 11.6 Å². The van der Waals surface area contributed by atoms with Crippen LogP contribution >= 0.6 is 11.3 Å². The van der Waals surface area contributed by atoms with Gasteiger partial charge in [-0.2, -0.15) is 13.2 Å². The molecule has 0 aromatic carbocycles. The van der Waals surface area contributed by atoms with Crippen LogP contribution in [0.1, 0.15) is 4.88 Å². The molecule has 0 saturated carbocycles. The Bertz CT molecular complexity index is 497. The van der Waals surface area contributed by atoms with Crippen molar-refractivity contribution in [2.45, 2.75) is 12.6 Å². The first-order valence-corrected chi connectivity index (χ1v) is 5.86. The summed E-state index contributed by atoms with van der Waals surface area (Å²) in [7, 11) is 0. The van der Waals surface area contributed by atoms with Crippen LogP contribution in [-0.4, -0.2) is 29.7 Å². The number of hydrogen-bond acceptors (Lipinski definition) is 3. The molecule has 8 heteroatoms. The van der Waals surface area contributed by atoms with Gasteiger partial charge in [0.2, 0.25) is 0 Å². The molecule has 98 valence electrons. The summed E-state index contributed by atoms with van der Waals surface area (Å²) in [5, 5.41) is 10.4. The highest BCUT2D eigenvalue weighted by Crippen LogP contribution is 2.36. The summed E-state index contributed by atoms with van der Waals surface area (Å²) in [6.07, 6.45) is -4.84. The second kappa shape index (κ2) is 4.27. The lowest BCUT2D eigenvalue weighted by Crippen LogP contribution is -2.47. The van der Waals surface area contributed by atoms with Gasteiger partial charge in [-0.05, 0) is 17.9 Å². The maximum Gasteiger partial charge on any atom is 0.471 e. The predicted molar refractivity (Wildman–Crippen MR) is 57.6 cm³/mol. The number of fused-ring (bicyclic) bond motifs is 1. The third kappa shape index (κ3) is 2.20. The maximum atomic E-state index is 12.4. The van der Waals surface area contributed by atoms with E-state index in [2.05, 4.69) is 0 Å². The third-order valence-corrected chi connectivity index (χ3v) is 3.62. The van der Waals surface area contributed by atoms with Crippen molar-refractivity contribution < 1.29 is 27.9 Å². The molecule has 0 aliphatic carbocycles. The number of nitrogens with zero attached hydrogens (tertiary/aromatic N) is 1. The number of rotatable bonds is 1. The van der Waals surface area contributed by atoms with Crippen LogP contribution in [-0.2, 0) is 16.0 Å². The summed E-state index contributed by atoms with van der Waals surface area (Å²) in [6.45, 7) is -0.447. The Labute approximate surface area is 104 Å². The number of carboxylic acid groups (broad SMARTS) is 1. The van der Waals surface area contributed by atoms with Crippen molar-refractivity contribution in [3.05, 3.63) is 16.3 Å². The van der Waals surface area contributed by atoms with Gasteiger partial charge in [-0.1, -0.05) is 0 Å². The van der Waals surface area contributed by atoms with E-state index >= 15 is 0 Å². The molecule has 1 atom stereocenters. The van der Waals surface area contributed by atoms with Gasteiger partial charge < -0.3 is 10.0 Å². The zero-order valence-electron chi connectivity index (χ0n) is 8.90. The van der Waals surface area contributed by atoms with Crippen molar-refractivity contribution in [3.8, 4) is 0 Å². The van der Waals surface area contributed by atoms with Crippen LogP contribution in [0.25, 0.3) is 0 Å². The number of carbonyl (C=O) groups excluding carboxylic acids is 1. The van der Waals surface area contributed by atoms with E-state index in [4.69, 9.17) is 5.11 Å². The molecule has 1 aromatic heterocycles. The Kier molecular flexibility index (Phi) is 3.05. The standard InChI is InChI=1S/C10H8F3NO3S/c11-10(12,13)9(17)14-4-5(8(15)16)3-7-6(14)1-2-18-7/h1-2,5H,3-4H2,(H,15,16). The average molecular weight is 279 g/mol. The van der Waals surface area contributed by atoms with Crippen LogP contribution in [0.5, 0.6) is 0 Å². The Morgan fingerprint density at radius 3 is 2.67 bits per heavy atom. The second-order valence-corrected chi connectivity index (χ2v) is 4.88. The molecular formula is C10H8F3NO3S. The largest absolute Gasteiger partial charge is 0.481 e. The monoisotopic (exact) mass is 279 g/mol. The van der Waals surface area contributed by atoms with E-state index in [0.29, 0.717) is 9.78 Å². The van der Waals surface area contributed by atoms with Crippen molar-refractivity contribution in [2.24, 2.45) is 5.92 Å². The minimum atomic E-state index is -5.00. The first kappa shape index (κ1) is 12.9. The molecule has 2 heterocycles.